The molecule has 1 nitrogen and oxygen atoms in total. The van der Waals surface area contributed by atoms with E-state index in [0.29, 0.717) is 18.8 Å². The largest absolute Gasteiger partial charge is 0.391 e. The summed E-state index contributed by atoms with van der Waals surface area (Å²) in [5.41, 5.74) is 0.988. The van der Waals surface area contributed by atoms with Gasteiger partial charge in [0.1, 0.15) is 0 Å². The Labute approximate surface area is 119 Å². The van der Waals surface area contributed by atoms with Crippen LogP contribution < -0.4 is 0 Å². The van der Waals surface area contributed by atoms with E-state index in [2.05, 4.69) is 20.9 Å². The van der Waals surface area contributed by atoms with Crippen LogP contribution >= 0.6 is 15.9 Å². The molecule has 0 amide bonds. The molecule has 0 bridgehead atoms. The molecule has 0 aliphatic heterocycles. The third-order valence-electron chi connectivity index (χ3n) is 3.88. The Morgan fingerprint density at radius 3 is 2.42 bits per heavy atom. The summed E-state index contributed by atoms with van der Waals surface area (Å²) in [6.45, 7) is 0. The van der Waals surface area contributed by atoms with Crippen molar-refractivity contribution >= 4 is 15.9 Å². The minimum absolute atomic E-state index is 0.219. The van der Waals surface area contributed by atoms with Crippen molar-refractivity contribution < 1.29 is 13.2 Å². The first-order valence-electron chi connectivity index (χ1n) is 6.57. The van der Waals surface area contributed by atoms with Crippen molar-refractivity contribution in [3.63, 3.8) is 0 Å². The van der Waals surface area contributed by atoms with Crippen molar-refractivity contribution in [2.45, 2.75) is 43.1 Å². The summed E-state index contributed by atoms with van der Waals surface area (Å²) in [4.78, 5) is 4.48. The lowest BCUT2D eigenvalue weighted by molar-refractivity contribution is -0.183. The van der Waals surface area contributed by atoms with Gasteiger partial charge in [-0.2, -0.15) is 13.2 Å². The molecule has 1 aliphatic rings. The zero-order valence-corrected chi connectivity index (χ0v) is 12.1. The topological polar surface area (TPSA) is 12.9 Å². The molecule has 0 N–H and O–H groups in total. The summed E-state index contributed by atoms with van der Waals surface area (Å²) in [7, 11) is 0. The summed E-state index contributed by atoms with van der Waals surface area (Å²) in [6.07, 6.45) is 0.322. The van der Waals surface area contributed by atoms with Gasteiger partial charge in [-0.1, -0.05) is 22.0 Å². The van der Waals surface area contributed by atoms with Crippen LogP contribution in [-0.4, -0.2) is 16.0 Å². The fourth-order valence-electron chi connectivity index (χ4n) is 2.69. The molecule has 106 valence electrons. The molecule has 1 fully saturated rings. The maximum Gasteiger partial charge on any atom is 0.391 e. The van der Waals surface area contributed by atoms with E-state index in [1.54, 1.807) is 6.20 Å². The summed E-state index contributed by atoms with van der Waals surface area (Å²) in [5, 5.41) is 0. The number of hydrogen-bond acceptors (Lipinski definition) is 1. The molecule has 1 heterocycles. The number of alkyl halides is 4. The van der Waals surface area contributed by atoms with Crippen molar-refractivity contribution in [2.24, 2.45) is 11.8 Å². The van der Waals surface area contributed by atoms with E-state index in [1.165, 1.54) is 0 Å². The van der Waals surface area contributed by atoms with Gasteiger partial charge < -0.3 is 0 Å². The van der Waals surface area contributed by atoms with Gasteiger partial charge in [-0.15, -0.1) is 0 Å². The molecule has 0 radical (unpaired) electrons. The Morgan fingerprint density at radius 1 is 1.21 bits per heavy atom. The first-order valence-corrected chi connectivity index (χ1v) is 7.49. The van der Waals surface area contributed by atoms with E-state index in [4.69, 9.17) is 0 Å². The third kappa shape index (κ3) is 4.20. The highest BCUT2D eigenvalue weighted by molar-refractivity contribution is 9.09. The van der Waals surface area contributed by atoms with Gasteiger partial charge in [0.2, 0.25) is 0 Å². The van der Waals surface area contributed by atoms with Gasteiger partial charge >= 0.3 is 6.18 Å². The smallest absolute Gasteiger partial charge is 0.261 e. The summed E-state index contributed by atoms with van der Waals surface area (Å²) in [5.74, 6) is -0.779. The number of aromatic nitrogens is 1. The monoisotopic (exact) mass is 335 g/mol. The van der Waals surface area contributed by atoms with Gasteiger partial charge in [0.25, 0.3) is 0 Å². The van der Waals surface area contributed by atoms with Gasteiger partial charge in [0.05, 0.1) is 5.92 Å². The van der Waals surface area contributed by atoms with Crippen LogP contribution in [0.5, 0.6) is 0 Å². The Kier molecular flexibility index (Phi) is 4.87. The van der Waals surface area contributed by atoms with Gasteiger partial charge in [-0.25, -0.2) is 0 Å². The fraction of sp³-hybridized carbons (Fsp3) is 0.643. The molecule has 1 unspecified atom stereocenters. The maximum atomic E-state index is 12.6. The van der Waals surface area contributed by atoms with E-state index in [-0.39, 0.29) is 17.7 Å². The Morgan fingerprint density at radius 2 is 1.89 bits per heavy atom. The van der Waals surface area contributed by atoms with Crippen LogP contribution in [0.3, 0.4) is 0 Å². The van der Waals surface area contributed by atoms with Gasteiger partial charge in [0, 0.05) is 23.1 Å². The van der Waals surface area contributed by atoms with Crippen LogP contribution in [-0.2, 0) is 6.42 Å². The van der Waals surface area contributed by atoms with Crippen LogP contribution in [0.25, 0.3) is 0 Å². The van der Waals surface area contributed by atoms with Crippen molar-refractivity contribution in [2.75, 3.05) is 0 Å². The number of halogens is 4. The molecule has 1 atom stereocenters. The quantitative estimate of drug-likeness (QED) is 0.726. The zero-order chi connectivity index (χ0) is 13.9. The number of pyridine rings is 1. The first kappa shape index (κ1) is 14.8. The second-order valence-corrected chi connectivity index (χ2v) is 6.37. The van der Waals surface area contributed by atoms with Crippen LogP contribution in [0.15, 0.2) is 24.4 Å². The molecule has 1 aromatic rings. The predicted octanol–water partition coefficient (Wildman–Crippen LogP) is 4.76. The molecule has 1 aliphatic carbocycles. The molecule has 1 aromatic heterocycles. The second kappa shape index (κ2) is 6.25. The second-order valence-electron chi connectivity index (χ2n) is 5.19. The summed E-state index contributed by atoms with van der Waals surface area (Å²) in [6, 6.07) is 5.75. The van der Waals surface area contributed by atoms with E-state index >= 15 is 0 Å². The number of nitrogens with zero attached hydrogens (tertiary/aromatic N) is 1. The molecule has 0 saturated heterocycles. The first-order chi connectivity index (χ1) is 8.97. The van der Waals surface area contributed by atoms with Crippen LogP contribution in [0.2, 0.25) is 0 Å². The zero-order valence-electron chi connectivity index (χ0n) is 10.5. The van der Waals surface area contributed by atoms with E-state index in [1.807, 2.05) is 18.2 Å². The molecular weight excluding hydrogens is 319 g/mol. The Balaban J connectivity index is 1.84. The average Bonchev–Trinajstić information content (AvgIpc) is 2.39. The molecule has 19 heavy (non-hydrogen) atoms. The molecule has 1 saturated carbocycles. The van der Waals surface area contributed by atoms with Crippen molar-refractivity contribution in [3.8, 4) is 0 Å². The van der Waals surface area contributed by atoms with Crippen molar-refractivity contribution in [3.05, 3.63) is 30.1 Å². The molecule has 5 heteroatoms. The van der Waals surface area contributed by atoms with E-state index in [0.717, 1.165) is 12.1 Å². The average molecular weight is 336 g/mol. The van der Waals surface area contributed by atoms with Crippen LogP contribution in [0.1, 0.15) is 31.4 Å². The van der Waals surface area contributed by atoms with E-state index < -0.39 is 12.1 Å². The normalized spacial score (nSPS) is 26.1. The minimum Gasteiger partial charge on any atom is -0.261 e. The highest BCUT2D eigenvalue weighted by Gasteiger charge is 2.42. The lowest BCUT2D eigenvalue weighted by atomic mass is 9.79. The molecule has 2 rings (SSSR count). The molecular formula is C14H17BrF3N. The Bertz CT molecular complexity index is 385. The minimum atomic E-state index is -4.02. The van der Waals surface area contributed by atoms with Crippen LogP contribution in [0, 0.1) is 11.8 Å². The van der Waals surface area contributed by atoms with Crippen molar-refractivity contribution in [1.82, 2.24) is 4.98 Å². The molecule has 0 spiro atoms. The molecule has 0 aromatic carbocycles. The maximum absolute atomic E-state index is 12.6. The SMILES string of the molecule is FC(F)(F)C1CCC(C(Br)Cc2ccccn2)CC1. The standard InChI is InChI=1S/C14H17BrF3N/c15-13(9-12-3-1-2-8-19-12)10-4-6-11(7-5-10)14(16,17)18/h1-3,8,10-11,13H,4-7,9H2. The van der Waals surface area contributed by atoms with Gasteiger partial charge in [-0.3, -0.25) is 4.98 Å². The highest BCUT2D eigenvalue weighted by Crippen LogP contribution is 2.41. The predicted molar refractivity (Wildman–Crippen MR) is 72.2 cm³/mol. The third-order valence-corrected chi connectivity index (χ3v) is 4.95. The van der Waals surface area contributed by atoms with Gasteiger partial charge in [-0.05, 0) is 43.7 Å². The lowest BCUT2D eigenvalue weighted by Gasteiger charge is -2.32. The van der Waals surface area contributed by atoms with Crippen LogP contribution in [0.4, 0.5) is 13.2 Å². The highest BCUT2D eigenvalue weighted by atomic mass is 79.9. The van der Waals surface area contributed by atoms with Gasteiger partial charge in [0.15, 0.2) is 0 Å². The fourth-order valence-corrected chi connectivity index (χ4v) is 3.55. The Hall–Kier alpha value is -0.580. The summed E-state index contributed by atoms with van der Waals surface area (Å²) >= 11 is 3.63. The number of rotatable bonds is 3. The van der Waals surface area contributed by atoms with Crippen molar-refractivity contribution in [1.29, 1.82) is 0 Å². The number of hydrogen-bond donors (Lipinski definition) is 0. The van der Waals surface area contributed by atoms with E-state index in [9.17, 15) is 13.2 Å². The lowest BCUT2D eigenvalue weighted by Crippen LogP contribution is -2.31. The summed E-state index contributed by atoms with van der Waals surface area (Å²) < 4.78 is 37.8.